The van der Waals surface area contributed by atoms with Crippen LogP contribution in [0.1, 0.15) is 10.6 Å². The summed E-state index contributed by atoms with van der Waals surface area (Å²) in [6, 6.07) is 2.03. The van der Waals surface area contributed by atoms with Crippen LogP contribution < -0.4 is 5.73 Å². The Morgan fingerprint density at radius 3 is 2.83 bits per heavy atom. The molecule has 0 unspecified atom stereocenters. The van der Waals surface area contributed by atoms with E-state index in [1.54, 1.807) is 11.3 Å². The molecule has 0 saturated carbocycles. The van der Waals surface area contributed by atoms with E-state index in [2.05, 4.69) is 16.9 Å². The van der Waals surface area contributed by atoms with Gasteiger partial charge in [0.15, 0.2) is 0 Å². The van der Waals surface area contributed by atoms with E-state index >= 15 is 0 Å². The predicted octanol–water partition coefficient (Wildman–Crippen LogP) is 1.89. The molecule has 0 atom stereocenters. The first kappa shape index (κ1) is 7.49. The third-order valence-electron chi connectivity index (χ3n) is 1.68. The second kappa shape index (κ2) is 2.42. The minimum absolute atomic E-state index is 0.359. The van der Waals surface area contributed by atoms with Crippen LogP contribution in [0.3, 0.4) is 0 Å². The SMILES string of the molecule is Cc1cc2nc(N)nc(C)c2s1. The molecule has 4 heteroatoms. The molecule has 2 aromatic rings. The molecule has 0 aliphatic rings. The van der Waals surface area contributed by atoms with E-state index in [-0.39, 0.29) is 0 Å². The number of aryl methyl sites for hydroxylation is 2. The molecule has 0 radical (unpaired) electrons. The Morgan fingerprint density at radius 1 is 1.33 bits per heavy atom. The van der Waals surface area contributed by atoms with Gasteiger partial charge in [0.2, 0.25) is 5.95 Å². The Balaban J connectivity index is 2.88. The molecule has 0 aliphatic carbocycles. The number of nitrogen functional groups attached to an aromatic ring is 1. The topological polar surface area (TPSA) is 51.8 Å². The Labute approximate surface area is 74.3 Å². The number of thiophene rings is 1. The molecular weight excluding hydrogens is 170 g/mol. The molecule has 0 saturated heterocycles. The van der Waals surface area contributed by atoms with Gasteiger partial charge in [0.25, 0.3) is 0 Å². The highest BCUT2D eigenvalue weighted by Gasteiger charge is 2.04. The molecule has 2 rings (SSSR count). The van der Waals surface area contributed by atoms with E-state index in [1.807, 2.05) is 13.0 Å². The summed E-state index contributed by atoms with van der Waals surface area (Å²) in [4.78, 5) is 9.47. The number of hydrogen-bond acceptors (Lipinski definition) is 4. The van der Waals surface area contributed by atoms with Crippen LogP contribution in [0, 0.1) is 13.8 Å². The van der Waals surface area contributed by atoms with Crippen LogP contribution in [0.15, 0.2) is 6.07 Å². The third-order valence-corrected chi connectivity index (χ3v) is 2.83. The lowest BCUT2D eigenvalue weighted by Crippen LogP contribution is -1.95. The second-order valence-electron chi connectivity index (χ2n) is 2.74. The van der Waals surface area contributed by atoms with Crippen LogP contribution in [-0.2, 0) is 0 Å². The smallest absolute Gasteiger partial charge is 0.220 e. The number of nitrogens with two attached hydrogens (primary N) is 1. The van der Waals surface area contributed by atoms with Gasteiger partial charge in [-0.2, -0.15) is 0 Å². The monoisotopic (exact) mass is 179 g/mol. The molecule has 2 heterocycles. The van der Waals surface area contributed by atoms with Gasteiger partial charge in [-0.05, 0) is 19.9 Å². The van der Waals surface area contributed by atoms with E-state index in [9.17, 15) is 0 Å². The maximum atomic E-state index is 5.52. The number of rotatable bonds is 0. The second-order valence-corrected chi connectivity index (χ2v) is 3.99. The van der Waals surface area contributed by atoms with Crippen LogP contribution in [0.2, 0.25) is 0 Å². The first-order valence-electron chi connectivity index (χ1n) is 3.67. The lowest BCUT2D eigenvalue weighted by atomic mass is 10.3. The number of nitrogens with zero attached hydrogens (tertiary/aromatic N) is 2. The normalized spacial score (nSPS) is 10.8. The molecule has 12 heavy (non-hydrogen) atoms. The fourth-order valence-corrected chi connectivity index (χ4v) is 2.11. The summed E-state index contributed by atoms with van der Waals surface area (Å²) in [6.45, 7) is 4.01. The molecule has 0 aliphatic heterocycles. The van der Waals surface area contributed by atoms with E-state index in [1.165, 1.54) is 4.88 Å². The van der Waals surface area contributed by atoms with E-state index < -0.39 is 0 Å². The van der Waals surface area contributed by atoms with Gasteiger partial charge < -0.3 is 5.73 Å². The lowest BCUT2D eigenvalue weighted by Gasteiger charge is -1.95. The van der Waals surface area contributed by atoms with Gasteiger partial charge in [0, 0.05) is 4.88 Å². The number of aromatic nitrogens is 2. The van der Waals surface area contributed by atoms with Crippen molar-refractivity contribution in [1.82, 2.24) is 9.97 Å². The van der Waals surface area contributed by atoms with Crippen LogP contribution in [0.5, 0.6) is 0 Å². The highest BCUT2D eigenvalue weighted by molar-refractivity contribution is 7.19. The fraction of sp³-hybridized carbons (Fsp3) is 0.250. The van der Waals surface area contributed by atoms with E-state index in [4.69, 9.17) is 5.73 Å². The van der Waals surface area contributed by atoms with Gasteiger partial charge in [-0.15, -0.1) is 11.3 Å². The third kappa shape index (κ3) is 1.04. The zero-order valence-electron chi connectivity index (χ0n) is 6.96. The van der Waals surface area contributed by atoms with Crippen LogP contribution >= 0.6 is 11.3 Å². The zero-order chi connectivity index (χ0) is 8.72. The summed E-state index contributed by atoms with van der Waals surface area (Å²) < 4.78 is 1.14. The molecule has 2 N–H and O–H groups in total. The molecule has 3 nitrogen and oxygen atoms in total. The number of anilines is 1. The van der Waals surface area contributed by atoms with Gasteiger partial charge in [-0.3, -0.25) is 0 Å². The highest BCUT2D eigenvalue weighted by atomic mass is 32.1. The van der Waals surface area contributed by atoms with Crippen LogP contribution in [0.4, 0.5) is 5.95 Å². The first-order valence-corrected chi connectivity index (χ1v) is 4.49. The Hall–Kier alpha value is -1.16. The quantitative estimate of drug-likeness (QED) is 0.672. The maximum absolute atomic E-state index is 5.52. The zero-order valence-corrected chi connectivity index (χ0v) is 7.77. The minimum Gasteiger partial charge on any atom is -0.368 e. The molecule has 0 fully saturated rings. The summed E-state index contributed by atoms with van der Waals surface area (Å²) in [7, 11) is 0. The van der Waals surface area contributed by atoms with E-state index in [0.29, 0.717) is 5.95 Å². The fourth-order valence-electron chi connectivity index (χ4n) is 1.21. The molecule has 0 bridgehead atoms. The average molecular weight is 179 g/mol. The molecule has 0 aromatic carbocycles. The summed E-state index contributed by atoms with van der Waals surface area (Å²) in [5, 5.41) is 0. The average Bonchev–Trinajstić information content (AvgIpc) is 2.29. The highest BCUT2D eigenvalue weighted by Crippen LogP contribution is 2.25. The van der Waals surface area contributed by atoms with Gasteiger partial charge >= 0.3 is 0 Å². The molecule has 62 valence electrons. The molecule has 2 aromatic heterocycles. The lowest BCUT2D eigenvalue weighted by molar-refractivity contribution is 1.18. The van der Waals surface area contributed by atoms with Crippen LogP contribution in [-0.4, -0.2) is 9.97 Å². The van der Waals surface area contributed by atoms with Crippen molar-refractivity contribution >= 4 is 27.5 Å². The van der Waals surface area contributed by atoms with Crippen molar-refractivity contribution in [3.05, 3.63) is 16.6 Å². The standard InChI is InChI=1S/C8H9N3S/c1-4-3-6-7(12-4)5(2)10-8(9)11-6/h3H,1-2H3,(H2,9,10,11). The van der Waals surface area contributed by atoms with Crippen molar-refractivity contribution in [1.29, 1.82) is 0 Å². The van der Waals surface area contributed by atoms with E-state index in [0.717, 1.165) is 15.9 Å². The van der Waals surface area contributed by atoms with Crippen molar-refractivity contribution in [2.24, 2.45) is 0 Å². The summed E-state index contributed by atoms with van der Waals surface area (Å²) >= 11 is 1.71. The minimum atomic E-state index is 0.359. The summed E-state index contributed by atoms with van der Waals surface area (Å²) in [6.07, 6.45) is 0. The Bertz CT molecular complexity index is 433. The van der Waals surface area contributed by atoms with Crippen molar-refractivity contribution in [2.45, 2.75) is 13.8 Å². The molecule has 0 spiro atoms. The van der Waals surface area contributed by atoms with Crippen molar-refractivity contribution < 1.29 is 0 Å². The van der Waals surface area contributed by atoms with Crippen molar-refractivity contribution in [3.63, 3.8) is 0 Å². The molecular formula is C8H9N3S. The largest absolute Gasteiger partial charge is 0.368 e. The Kier molecular flexibility index (Phi) is 1.51. The van der Waals surface area contributed by atoms with Gasteiger partial charge in [-0.25, -0.2) is 9.97 Å². The Morgan fingerprint density at radius 2 is 2.08 bits per heavy atom. The van der Waals surface area contributed by atoms with Gasteiger partial charge in [-0.1, -0.05) is 0 Å². The number of fused-ring (bicyclic) bond motifs is 1. The van der Waals surface area contributed by atoms with Gasteiger partial charge in [0.1, 0.15) is 0 Å². The van der Waals surface area contributed by atoms with Crippen molar-refractivity contribution in [2.75, 3.05) is 5.73 Å². The first-order chi connectivity index (χ1) is 5.66. The predicted molar refractivity (Wildman–Crippen MR) is 51.3 cm³/mol. The number of hydrogen-bond donors (Lipinski definition) is 1. The summed E-state index contributed by atoms with van der Waals surface area (Å²) in [5.74, 6) is 0.359. The molecule has 0 amide bonds. The summed E-state index contributed by atoms with van der Waals surface area (Å²) in [5.41, 5.74) is 7.45. The van der Waals surface area contributed by atoms with Crippen LogP contribution in [0.25, 0.3) is 10.2 Å². The van der Waals surface area contributed by atoms with Gasteiger partial charge in [0.05, 0.1) is 15.9 Å². The van der Waals surface area contributed by atoms with Crippen molar-refractivity contribution in [3.8, 4) is 0 Å². The maximum Gasteiger partial charge on any atom is 0.220 e.